The lowest BCUT2D eigenvalue weighted by molar-refractivity contribution is -0.127. The third-order valence-corrected chi connectivity index (χ3v) is 4.11. The summed E-state index contributed by atoms with van der Waals surface area (Å²) in [4.78, 5) is 17.7. The summed E-state index contributed by atoms with van der Waals surface area (Å²) in [5.41, 5.74) is 0.0773. The molecule has 1 aliphatic rings. The molecule has 148 valence electrons. The Morgan fingerprint density at radius 1 is 1.36 bits per heavy atom. The Balaban J connectivity index is 0.00000576. The first-order chi connectivity index (χ1) is 11.3. The van der Waals surface area contributed by atoms with Gasteiger partial charge < -0.3 is 25.0 Å². The Morgan fingerprint density at radius 3 is 2.64 bits per heavy atom. The average Bonchev–Trinajstić information content (AvgIpc) is 3.05. The van der Waals surface area contributed by atoms with Crippen LogP contribution in [0.2, 0.25) is 0 Å². The molecule has 1 amide bonds. The number of aliphatic imine (C=N–C) groups is 1. The smallest absolute Gasteiger partial charge is 0.243 e. The highest BCUT2D eigenvalue weighted by Crippen LogP contribution is 2.18. The van der Waals surface area contributed by atoms with Gasteiger partial charge in [-0.2, -0.15) is 0 Å². The van der Waals surface area contributed by atoms with E-state index in [9.17, 15) is 4.79 Å². The van der Waals surface area contributed by atoms with Crippen molar-refractivity contribution in [1.29, 1.82) is 0 Å². The predicted molar refractivity (Wildman–Crippen MR) is 112 cm³/mol. The first-order valence-electron chi connectivity index (χ1n) is 8.67. The van der Waals surface area contributed by atoms with Gasteiger partial charge in [-0.1, -0.05) is 13.8 Å². The molecule has 0 aromatic rings. The molecule has 25 heavy (non-hydrogen) atoms. The van der Waals surface area contributed by atoms with Crippen molar-refractivity contribution >= 4 is 35.8 Å². The van der Waals surface area contributed by atoms with Crippen LogP contribution in [0.15, 0.2) is 4.99 Å². The summed E-state index contributed by atoms with van der Waals surface area (Å²) in [6.07, 6.45) is 3.35. The molecule has 7 nitrogen and oxygen atoms in total. The van der Waals surface area contributed by atoms with E-state index in [4.69, 9.17) is 9.47 Å². The lowest BCUT2D eigenvalue weighted by atomic mass is 9.90. The van der Waals surface area contributed by atoms with E-state index >= 15 is 0 Å². The van der Waals surface area contributed by atoms with Crippen molar-refractivity contribution in [3.8, 4) is 0 Å². The van der Waals surface area contributed by atoms with Gasteiger partial charge in [0.05, 0.1) is 6.10 Å². The van der Waals surface area contributed by atoms with E-state index in [0.717, 1.165) is 39.0 Å². The van der Waals surface area contributed by atoms with Crippen LogP contribution in [0.1, 0.15) is 33.1 Å². The number of halogens is 1. The van der Waals surface area contributed by atoms with E-state index in [-0.39, 0.29) is 47.9 Å². The number of hydrogen-bond donors (Lipinski definition) is 2. The fourth-order valence-electron chi connectivity index (χ4n) is 2.27. The molecule has 0 aromatic carbocycles. The SMILES string of the molecule is COCCC(C)(C)CNC(=NCC(=O)N(C)C)NCC1CCCO1.I. The Morgan fingerprint density at radius 2 is 2.08 bits per heavy atom. The molecule has 0 spiro atoms. The molecule has 1 saturated heterocycles. The minimum absolute atomic E-state index is 0. The minimum atomic E-state index is -0.0214. The lowest BCUT2D eigenvalue weighted by Gasteiger charge is -2.26. The molecular weight excluding hydrogens is 435 g/mol. The van der Waals surface area contributed by atoms with Gasteiger partial charge in [0.25, 0.3) is 0 Å². The summed E-state index contributed by atoms with van der Waals surface area (Å²) in [7, 11) is 5.18. The fourth-order valence-corrected chi connectivity index (χ4v) is 2.27. The van der Waals surface area contributed by atoms with Gasteiger partial charge in [-0.3, -0.25) is 4.79 Å². The van der Waals surface area contributed by atoms with E-state index in [1.165, 1.54) is 0 Å². The van der Waals surface area contributed by atoms with Crippen molar-refractivity contribution in [2.45, 2.75) is 39.2 Å². The predicted octanol–water partition coefficient (Wildman–Crippen LogP) is 1.47. The van der Waals surface area contributed by atoms with Gasteiger partial charge in [-0.05, 0) is 24.7 Å². The van der Waals surface area contributed by atoms with Crippen molar-refractivity contribution < 1.29 is 14.3 Å². The normalized spacial score (nSPS) is 17.8. The maximum atomic E-state index is 11.8. The van der Waals surface area contributed by atoms with Crippen LogP contribution in [0, 0.1) is 5.41 Å². The van der Waals surface area contributed by atoms with Gasteiger partial charge >= 0.3 is 0 Å². The quantitative estimate of drug-likeness (QED) is 0.303. The first-order valence-corrected chi connectivity index (χ1v) is 8.67. The van der Waals surface area contributed by atoms with Crippen molar-refractivity contribution in [1.82, 2.24) is 15.5 Å². The Kier molecular flexibility index (Phi) is 12.4. The van der Waals surface area contributed by atoms with Gasteiger partial charge in [-0.15, -0.1) is 24.0 Å². The number of carbonyl (C=O) groups excluding carboxylic acids is 1. The molecule has 0 radical (unpaired) electrons. The number of likely N-dealkylation sites (N-methyl/N-ethyl adjacent to an activating group) is 1. The molecule has 1 unspecified atom stereocenters. The molecular formula is C17H35IN4O3. The van der Waals surface area contributed by atoms with Gasteiger partial charge in [0, 0.05) is 47.5 Å². The molecule has 1 atom stereocenters. The highest BCUT2D eigenvalue weighted by atomic mass is 127. The van der Waals surface area contributed by atoms with Crippen LogP contribution in [-0.4, -0.2) is 76.9 Å². The first kappa shape index (κ1) is 24.4. The van der Waals surface area contributed by atoms with Crippen LogP contribution < -0.4 is 10.6 Å². The van der Waals surface area contributed by atoms with E-state index in [1.54, 1.807) is 26.1 Å². The summed E-state index contributed by atoms with van der Waals surface area (Å²) in [6, 6.07) is 0. The second-order valence-electron chi connectivity index (χ2n) is 7.23. The second-order valence-corrected chi connectivity index (χ2v) is 7.23. The number of rotatable bonds is 9. The molecule has 8 heteroatoms. The monoisotopic (exact) mass is 470 g/mol. The van der Waals surface area contributed by atoms with E-state index < -0.39 is 0 Å². The maximum Gasteiger partial charge on any atom is 0.243 e. The Hall–Kier alpha value is -0.610. The third kappa shape index (κ3) is 10.9. The number of methoxy groups -OCH3 is 1. The largest absolute Gasteiger partial charge is 0.385 e. The van der Waals surface area contributed by atoms with Gasteiger partial charge in [0.15, 0.2) is 5.96 Å². The van der Waals surface area contributed by atoms with E-state index in [1.807, 2.05) is 0 Å². The maximum absolute atomic E-state index is 11.8. The topological polar surface area (TPSA) is 75.2 Å². The summed E-state index contributed by atoms with van der Waals surface area (Å²) in [5.74, 6) is 0.637. The average molecular weight is 470 g/mol. The molecule has 1 aliphatic heterocycles. The van der Waals surface area contributed by atoms with Crippen molar-refractivity contribution in [2.75, 3.05) is 54.1 Å². The Labute approximate surface area is 169 Å². The number of nitrogens with one attached hydrogen (secondary N) is 2. The highest BCUT2D eigenvalue weighted by Gasteiger charge is 2.19. The number of guanidine groups is 1. The molecule has 0 aromatic heterocycles. The van der Waals surface area contributed by atoms with Crippen LogP contribution in [0.3, 0.4) is 0 Å². The van der Waals surface area contributed by atoms with Crippen LogP contribution in [0.5, 0.6) is 0 Å². The zero-order chi connectivity index (χ0) is 18.0. The molecule has 1 heterocycles. The van der Waals surface area contributed by atoms with Gasteiger partial charge in [-0.25, -0.2) is 4.99 Å². The summed E-state index contributed by atoms with van der Waals surface area (Å²) < 4.78 is 10.8. The molecule has 0 saturated carbocycles. The molecule has 1 fully saturated rings. The van der Waals surface area contributed by atoms with E-state index in [2.05, 4.69) is 29.5 Å². The number of amides is 1. The standard InChI is InChI=1S/C17H34N4O3.HI/c1-17(2,8-10-23-5)13-20-16(19-12-15(22)21(3)4)18-11-14-7-6-9-24-14;/h14H,6-13H2,1-5H3,(H2,18,19,20);1H. The van der Waals surface area contributed by atoms with Crippen molar-refractivity contribution in [3.63, 3.8) is 0 Å². The van der Waals surface area contributed by atoms with Crippen LogP contribution in [0.25, 0.3) is 0 Å². The molecule has 0 aliphatic carbocycles. The van der Waals surface area contributed by atoms with Crippen molar-refractivity contribution in [3.05, 3.63) is 0 Å². The van der Waals surface area contributed by atoms with Crippen LogP contribution >= 0.6 is 24.0 Å². The van der Waals surface area contributed by atoms with Gasteiger partial charge in [0.2, 0.25) is 5.91 Å². The van der Waals surface area contributed by atoms with Crippen molar-refractivity contribution in [2.24, 2.45) is 10.4 Å². The number of nitrogens with zero attached hydrogens (tertiary/aromatic N) is 2. The zero-order valence-electron chi connectivity index (χ0n) is 16.3. The Bertz CT molecular complexity index is 411. The number of hydrogen-bond acceptors (Lipinski definition) is 4. The van der Waals surface area contributed by atoms with Crippen LogP contribution in [-0.2, 0) is 14.3 Å². The van der Waals surface area contributed by atoms with Gasteiger partial charge in [0.1, 0.15) is 6.54 Å². The summed E-state index contributed by atoms with van der Waals surface area (Å²) in [5, 5.41) is 6.64. The third-order valence-electron chi connectivity index (χ3n) is 4.11. The zero-order valence-corrected chi connectivity index (χ0v) is 18.6. The number of ether oxygens (including phenoxy) is 2. The highest BCUT2D eigenvalue weighted by molar-refractivity contribution is 14.0. The van der Waals surface area contributed by atoms with E-state index in [0.29, 0.717) is 12.5 Å². The fraction of sp³-hybridized carbons (Fsp3) is 0.882. The summed E-state index contributed by atoms with van der Waals surface area (Å²) in [6.45, 7) is 7.51. The second kappa shape index (κ2) is 12.7. The molecule has 1 rings (SSSR count). The molecule has 2 N–H and O–H groups in total. The van der Waals surface area contributed by atoms with Crippen LogP contribution in [0.4, 0.5) is 0 Å². The minimum Gasteiger partial charge on any atom is -0.385 e. The lowest BCUT2D eigenvalue weighted by Crippen LogP contribution is -2.45. The summed E-state index contributed by atoms with van der Waals surface area (Å²) >= 11 is 0. The number of carbonyl (C=O) groups is 1. The molecule has 0 bridgehead atoms.